The molecular weight excluding hydrogens is 407 g/mol. The Bertz CT molecular complexity index is 874. The van der Waals surface area contributed by atoms with E-state index in [0.717, 1.165) is 17.5 Å². The van der Waals surface area contributed by atoms with Crippen molar-refractivity contribution in [2.45, 2.75) is 19.1 Å². The first-order chi connectivity index (χ1) is 13.7. The standard InChI is InChI=1S/C20H21ClF3N3O2/c1-13-12-26(9-10-27(13)15-4-6-16(29-2)7-5-15)19(28)25-18-8-3-14(21)11-17(18)20(22,23)24/h3-8,11,13H,9-10,12H2,1-2H3,(H,25,28). The van der Waals surface area contributed by atoms with Gasteiger partial charge in [-0.2, -0.15) is 13.2 Å². The predicted octanol–water partition coefficient (Wildman–Crippen LogP) is 5.11. The molecule has 0 bridgehead atoms. The molecule has 1 fully saturated rings. The fourth-order valence-electron chi connectivity index (χ4n) is 3.35. The molecule has 1 saturated heterocycles. The highest BCUT2D eigenvalue weighted by Crippen LogP contribution is 2.36. The van der Waals surface area contributed by atoms with Gasteiger partial charge in [0.15, 0.2) is 0 Å². The number of methoxy groups -OCH3 is 1. The zero-order valence-electron chi connectivity index (χ0n) is 16.0. The Morgan fingerprint density at radius 1 is 1.17 bits per heavy atom. The van der Waals surface area contributed by atoms with Gasteiger partial charge in [0.1, 0.15) is 5.75 Å². The molecule has 0 aliphatic carbocycles. The SMILES string of the molecule is COc1ccc(N2CCN(C(=O)Nc3ccc(Cl)cc3C(F)(F)F)CC2C)cc1. The number of benzene rings is 2. The minimum Gasteiger partial charge on any atom is -0.497 e. The third kappa shape index (κ3) is 4.87. The Morgan fingerprint density at radius 3 is 2.45 bits per heavy atom. The molecule has 1 N–H and O–H groups in total. The number of amides is 2. The van der Waals surface area contributed by atoms with Crippen LogP contribution in [0, 0.1) is 0 Å². The Morgan fingerprint density at radius 2 is 1.86 bits per heavy atom. The van der Waals surface area contributed by atoms with Gasteiger partial charge in [-0.1, -0.05) is 11.6 Å². The van der Waals surface area contributed by atoms with Crippen LogP contribution in [0.1, 0.15) is 12.5 Å². The van der Waals surface area contributed by atoms with Crippen LogP contribution in [0.2, 0.25) is 5.02 Å². The van der Waals surface area contributed by atoms with Gasteiger partial charge in [0.05, 0.1) is 18.4 Å². The molecule has 5 nitrogen and oxygen atoms in total. The summed E-state index contributed by atoms with van der Waals surface area (Å²) in [6.07, 6.45) is -4.62. The predicted molar refractivity (Wildman–Crippen MR) is 107 cm³/mol. The van der Waals surface area contributed by atoms with Crippen LogP contribution in [-0.4, -0.2) is 43.7 Å². The van der Waals surface area contributed by atoms with E-state index >= 15 is 0 Å². The summed E-state index contributed by atoms with van der Waals surface area (Å²) in [5, 5.41) is 2.33. The van der Waals surface area contributed by atoms with Crippen LogP contribution in [0.25, 0.3) is 0 Å². The highest BCUT2D eigenvalue weighted by atomic mass is 35.5. The van der Waals surface area contributed by atoms with E-state index in [1.165, 1.54) is 17.0 Å². The highest BCUT2D eigenvalue weighted by molar-refractivity contribution is 6.30. The summed E-state index contributed by atoms with van der Waals surface area (Å²) in [5.74, 6) is 0.753. The maximum Gasteiger partial charge on any atom is 0.418 e. The van der Waals surface area contributed by atoms with Crippen molar-refractivity contribution < 1.29 is 22.7 Å². The number of urea groups is 1. The zero-order valence-corrected chi connectivity index (χ0v) is 16.7. The first-order valence-corrected chi connectivity index (χ1v) is 9.40. The molecule has 9 heteroatoms. The smallest absolute Gasteiger partial charge is 0.418 e. The summed E-state index contributed by atoms with van der Waals surface area (Å²) in [5.41, 5.74) is -0.282. The number of halogens is 4. The summed E-state index contributed by atoms with van der Waals surface area (Å²) in [6.45, 7) is 3.30. The van der Waals surface area contributed by atoms with E-state index in [4.69, 9.17) is 16.3 Å². The Kier molecular flexibility index (Phi) is 6.12. The minimum atomic E-state index is -4.62. The molecule has 3 rings (SSSR count). The van der Waals surface area contributed by atoms with E-state index in [0.29, 0.717) is 19.6 Å². The molecule has 1 aliphatic rings. The second-order valence-electron chi connectivity index (χ2n) is 6.80. The van der Waals surface area contributed by atoms with Crippen molar-refractivity contribution in [3.05, 3.63) is 53.1 Å². The van der Waals surface area contributed by atoms with E-state index in [9.17, 15) is 18.0 Å². The van der Waals surface area contributed by atoms with Gasteiger partial charge in [0.25, 0.3) is 0 Å². The molecule has 2 amide bonds. The molecule has 0 saturated carbocycles. The molecule has 1 aliphatic heterocycles. The summed E-state index contributed by atoms with van der Waals surface area (Å²) < 4.78 is 44.9. The maximum atomic E-state index is 13.2. The molecule has 2 aromatic rings. The number of hydrogen-bond donors (Lipinski definition) is 1. The van der Waals surface area contributed by atoms with Gasteiger partial charge >= 0.3 is 12.2 Å². The third-order valence-electron chi connectivity index (χ3n) is 4.85. The lowest BCUT2D eigenvalue weighted by Crippen LogP contribution is -2.54. The molecule has 2 aromatic carbocycles. The molecule has 156 valence electrons. The van der Waals surface area contributed by atoms with Crippen molar-refractivity contribution in [1.29, 1.82) is 0 Å². The number of rotatable bonds is 3. The van der Waals surface area contributed by atoms with Crippen molar-refractivity contribution in [3.63, 3.8) is 0 Å². The van der Waals surface area contributed by atoms with E-state index in [-0.39, 0.29) is 16.8 Å². The lowest BCUT2D eigenvalue weighted by atomic mass is 10.1. The van der Waals surface area contributed by atoms with Crippen LogP contribution in [0.4, 0.5) is 29.3 Å². The van der Waals surface area contributed by atoms with Crippen LogP contribution in [0.5, 0.6) is 5.75 Å². The molecule has 1 heterocycles. The largest absolute Gasteiger partial charge is 0.497 e. The van der Waals surface area contributed by atoms with E-state index < -0.39 is 17.8 Å². The van der Waals surface area contributed by atoms with Crippen molar-refractivity contribution in [3.8, 4) is 5.75 Å². The summed E-state index contributed by atoms with van der Waals surface area (Å²) >= 11 is 5.68. The van der Waals surface area contributed by atoms with Crippen LogP contribution >= 0.6 is 11.6 Å². The monoisotopic (exact) mass is 427 g/mol. The summed E-state index contributed by atoms with van der Waals surface area (Å²) in [4.78, 5) is 16.2. The molecule has 1 unspecified atom stereocenters. The minimum absolute atomic E-state index is 0.00445. The van der Waals surface area contributed by atoms with Gasteiger partial charge in [-0.25, -0.2) is 4.79 Å². The van der Waals surface area contributed by atoms with Crippen LogP contribution < -0.4 is 15.0 Å². The number of carbonyl (C=O) groups excluding carboxylic acids is 1. The van der Waals surface area contributed by atoms with Crippen LogP contribution in [0.3, 0.4) is 0 Å². The van der Waals surface area contributed by atoms with E-state index in [2.05, 4.69) is 10.2 Å². The van der Waals surface area contributed by atoms with Gasteiger partial charge in [0, 0.05) is 36.4 Å². The van der Waals surface area contributed by atoms with Crippen LogP contribution in [0.15, 0.2) is 42.5 Å². The van der Waals surface area contributed by atoms with Gasteiger partial charge < -0.3 is 19.9 Å². The second-order valence-corrected chi connectivity index (χ2v) is 7.24. The molecule has 0 radical (unpaired) electrons. The first-order valence-electron chi connectivity index (χ1n) is 9.02. The third-order valence-corrected chi connectivity index (χ3v) is 5.08. The van der Waals surface area contributed by atoms with Crippen molar-refractivity contribution in [2.24, 2.45) is 0 Å². The Labute approximate surface area is 172 Å². The quantitative estimate of drug-likeness (QED) is 0.740. The van der Waals surface area contributed by atoms with E-state index in [1.54, 1.807) is 7.11 Å². The molecule has 0 spiro atoms. The number of piperazine rings is 1. The zero-order chi connectivity index (χ0) is 21.2. The molecule has 1 atom stereocenters. The fourth-order valence-corrected chi connectivity index (χ4v) is 3.53. The van der Waals surface area contributed by atoms with Crippen molar-refractivity contribution in [1.82, 2.24) is 4.90 Å². The van der Waals surface area contributed by atoms with Crippen molar-refractivity contribution >= 4 is 29.0 Å². The Balaban J connectivity index is 1.68. The second kappa shape index (κ2) is 8.41. The lowest BCUT2D eigenvalue weighted by molar-refractivity contribution is -0.136. The number of ether oxygens (including phenoxy) is 1. The topological polar surface area (TPSA) is 44.8 Å². The van der Waals surface area contributed by atoms with Crippen LogP contribution in [-0.2, 0) is 6.18 Å². The van der Waals surface area contributed by atoms with Gasteiger partial charge in [0.2, 0.25) is 0 Å². The number of nitrogens with zero attached hydrogens (tertiary/aromatic N) is 2. The highest BCUT2D eigenvalue weighted by Gasteiger charge is 2.35. The number of nitrogens with one attached hydrogen (secondary N) is 1. The molecule has 29 heavy (non-hydrogen) atoms. The molecule has 0 aromatic heterocycles. The average Bonchev–Trinajstić information content (AvgIpc) is 2.68. The number of alkyl halides is 3. The van der Waals surface area contributed by atoms with Gasteiger partial charge in [-0.15, -0.1) is 0 Å². The first kappa shape index (κ1) is 21.1. The number of carbonyl (C=O) groups is 1. The number of anilines is 2. The maximum absolute atomic E-state index is 13.2. The fraction of sp³-hybridized carbons (Fsp3) is 0.350. The number of hydrogen-bond acceptors (Lipinski definition) is 3. The van der Waals surface area contributed by atoms with E-state index in [1.807, 2.05) is 31.2 Å². The van der Waals surface area contributed by atoms with Gasteiger partial charge in [-0.3, -0.25) is 0 Å². The summed E-state index contributed by atoms with van der Waals surface area (Å²) in [7, 11) is 1.60. The Hall–Kier alpha value is -2.61. The lowest BCUT2D eigenvalue weighted by Gasteiger charge is -2.41. The summed E-state index contributed by atoms with van der Waals surface area (Å²) in [6, 6.07) is 10.3. The van der Waals surface area contributed by atoms with Gasteiger partial charge in [-0.05, 0) is 49.4 Å². The van der Waals surface area contributed by atoms with Crippen molar-refractivity contribution in [2.75, 3.05) is 37.0 Å². The molecular formula is C20H21ClF3N3O2. The average molecular weight is 428 g/mol. The normalized spacial score (nSPS) is 17.2.